The number of rotatable bonds is 7. The Morgan fingerprint density at radius 3 is 2.11 bits per heavy atom. The van der Waals surface area contributed by atoms with E-state index in [0.29, 0.717) is 17.9 Å². The summed E-state index contributed by atoms with van der Waals surface area (Å²) in [6, 6.07) is 12.7. The molecule has 2 aromatic carbocycles. The SMILES string of the molecule is CC(C)CCc1ccc(Cl)cc1.COc1ccc(C(C)(O)CC(C)C)cc1F. The number of halogens is 2. The lowest BCUT2D eigenvalue weighted by Crippen LogP contribution is -2.23. The number of methoxy groups -OCH3 is 1. The maximum atomic E-state index is 13.5. The standard InChI is InChI=1S/C13H19FO2.C11H15Cl/c1-9(2)8-13(3,15)10-5-6-12(16-4)11(14)7-10;1-9(2)3-4-10-5-7-11(12)8-6-10/h5-7,9,15H,8H2,1-4H3;5-9H,3-4H2,1-2H3. The molecule has 1 N–H and O–H groups in total. The van der Waals surface area contributed by atoms with Gasteiger partial charge in [0.1, 0.15) is 0 Å². The Bertz CT molecular complexity index is 709. The van der Waals surface area contributed by atoms with Gasteiger partial charge < -0.3 is 9.84 Å². The Labute approximate surface area is 174 Å². The van der Waals surface area contributed by atoms with Crippen LogP contribution in [0.1, 0.15) is 58.6 Å². The molecule has 2 aromatic rings. The zero-order valence-corrected chi connectivity index (χ0v) is 18.7. The first-order chi connectivity index (χ1) is 13.0. The Morgan fingerprint density at radius 2 is 1.64 bits per heavy atom. The maximum Gasteiger partial charge on any atom is 0.165 e. The molecule has 28 heavy (non-hydrogen) atoms. The van der Waals surface area contributed by atoms with Crippen molar-refractivity contribution in [3.05, 3.63) is 64.4 Å². The number of hydrogen-bond acceptors (Lipinski definition) is 2. The first-order valence-corrected chi connectivity index (χ1v) is 10.2. The van der Waals surface area contributed by atoms with Gasteiger partial charge in [0, 0.05) is 5.02 Å². The minimum absolute atomic E-state index is 0.198. The summed E-state index contributed by atoms with van der Waals surface area (Å²) in [7, 11) is 1.42. The average molecular weight is 409 g/mol. The molecule has 0 fully saturated rings. The number of ether oxygens (including phenoxy) is 1. The van der Waals surface area contributed by atoms with E-state index in [-0.39, 0.29) is 5.75 Å². The van der Waals surface area contributed by atoms with E-state index in [0.717, 1.165) is 17.4 Å². The van der Waals surface area contributed by atoms with Crippen molar-refractivity contribution in [2.45, 2.75) is 59.5 Å². The van der Waals surface area contributed by atoms with E-state index in [1.165, 1.54) is 25.2 Å². The molecule has 0 aliphatic rings. The normalized spacial score (nSPS) is 13.1. The minimum atomic E-state index is -0.999. The summed E-state index contributed by atoms with van der Waals surface area (Å²) in [4.78, 5) is 0. The first kappa shape index (κ1) is 24.5. The molecule has 2 nitrogen and oxygen atoms in total. The van der Waals surface area contributed by atoms with E-state index in [1.54, 1.807) is 19.1 Å². The summed E-state index contributed by atoms with van der Waals surface area (Å²) >= 11 is 5.77. The zero-order valence-electron chi connectivity index (χ0n) is 17.9. The van der Waals surface area contributed by atoms with Crippen molar-refractivity contribution in [1.82, 2.24) is 0 Å². The molecule has 2 rings (SSSR count). The Kier molecular flexibility index (Phi) is 9.98. The minimum Gasteiger partial charge on any atom is -0.494 e. The Morgan fingerprint density at radius 1 is 1.04 bits per heavy atom. The molecule has 1 atom stereocenters. The molecule has 0 heterocycles. The molecule has 0 spiro atoms. The van der Waals surface area contributed by atoms with Gasteiger partial charge >= 0.3 is 0 Å². The van der Waals surface area contributed by atoms with Gasteiger partial charge in [0.05, 0.1) is 12.7 Å². The highest BCUT2D eigenvalue weighted by Crippen LogP contribution is 2.30. The predicted molar refractivity (Wildman–Crippen MR) is 117 cm³/mol. The van der Waals surface area contributed by atoms with Crippen LogP contribution in [0.25, 0.3) is 0 Å². The Balaban J connectivity index is 0.000000292. The molecule has 0 saturated heterocycles. The van der Waals surface area contributed by atoms with Gasteiger partial charge in [-0.2, -0.15) is 0 Å². The molecular weight excluding hydrogens is 375 g/mol. The van der Waals surface area contributed by atoms with Gasteiger partial charge in [0.15, 0.2) is 11.6 Å². The number of hydrogen-bond donors (Lipinski definition) is 1. The Hall–Kier alpha value is -1.58. The molecule has 1 unspecified atom stereocenters. The summed E-state index contributed by atoms with van der Waals surface area (Å²) in [5, 5.41) is 11.1. The van der Waals surface area contributed by atoms with Crippen LogP contribution in [0, 0.1) is 17.7 Å². The van der Waals surface area contributed by atoms with Crippen molar-refractivity contribution in [2.24, 2.45) is 11.8 Å². The van der Waals surface area contributed by atoms with Gasteiger partial charge in [-0.3, -0.25) is 0 Å². The lowest BCUT2D eigenvalue weighted by atomic mass is 9.87. The average Bonchev–Trinajstić information content (AvgIpc) is 2.60. The smallest absolute Gasteiger partial charge is 0.165 e. The fourth-order valence-corrected chi connectivity index (χ4v) is 3.15. The van der Waals surface area contributed by atoms with Crippen LogP contribution in [0.15, 0.2) is 42.5 Å². The largest absolute Gasteiger partial charge is 0.494 e. The van der Waals surface area contributed by atoms with Crippen molar-refractivity contribution in [2.75, 3.05) is 7.11 Å². The van der Waals surface area contributed by atoms with Crippen molar-refractivity contribution in [3.63, 3.8) is 0 Å². The van der Waals surface area contributed by atoms with Gasteiger partial charge in [-0.15, -0.1) is 0 Å². The van der Waals surface area contributed by atoms with Crippen LogP contribution in [0.2, 0.25) is 5.02 Å². The van der Waals surface area contributed by atoms with Crippen molar-refractivity contribution >= 4 is 11.6 Å². The summed E-state index contributed by atoms with van der Waals surface area (Å²) in [6.07, 6.45) is 3.01. The van der Waals surface area contributed by atoms with Crippen molar-refractivity contribution in [3.8, 4) is 5.75 Å². The lowest BCUT2D eigenvalue weighted by Gasteiger charge is -2.26. The van der Waals surface area contributed by atoms with E-state index in [9.17, 15) is 9.50 Å². The second-order valence-corrected chi connectivity index (χ2v) is 8.72. The van der Waals surface area contributed by atoms with Gasteiger partial charge in [0.25, 0.3) is 0 Å². The monoisotopic (exact) mass is 408 g/mol. The van der Waals surface area contributed by atoms with Crippen molar-refractivity contribution < 1.29 is 14.2 Å². The van der Waals surface area contributed by atoms with Crippen molar-refractivity contribution in [1.29, 1.82) is 0 Å². The molecular formula is C24H34ClFO2. The van der Waals surface area contributed by atoms with E-state index in [1.807, 2.05) is 26.0 Å². The molecule has 0 aliphatic carbocycles. The van der Waals surface area contributed by atoms with Crippen LogP contribution in [0.4, 0.5) is 4.39 Å². The number of benzene rings is 2. The summed E-state index contributed by atoms with van der Waals surface area (Å²) in [5.74, 6) is 0.883. The summed E-state index contributed by atoms with van der Waals surface area (Å²) in [5.41, 5.74) is 0.967. The van der Waals surface area contributed by atoms with Crippen LogP contribution in [0.5, 0.6) is 5.75 Å². The van der Waals surface area contributed by atoms with E-state index in [2.05, 4.69) is 26.0 Å². The number of aryl methyl sites for hydroxylation is 1. The molecule has 4 heteroatoms. The fraction of sp³-hybridized carbons (Fsp3) is 0.500. The highest BCUT2D eigenvalue weighted by Gasteiger charge is 2.25. The van der Waals surface area contributed by atoms with E-state index >= 15 is 0 Å². The highest BCUT2D eigenvalue weighted by molar-refractivity contribution is 6.30. The zero-order chi connectivity index (χ0) is 21.3. The molecule has 0 amide bonds. The summed E-state index contributed by atoms with van der Waals surface area (Å²) in [6.45, 7) is 10.2. The fourth-order valence-electron chi connectivity index (χ4n) is 3.02. The third kappa shape index (κ3) is 8.62. The third-order valence-corrected chi connectivity index (χ3v) is 4.76. The first-order valence-electron chi connectivity index (χ1n) is 9.86. The van der Waals surface area contributed by atoms with Crippen LogP contribution < -0.4 is 4.74 Å². The van der Waals surface area contributed by atoms with E-state index in [4.69, 9.17) is 16.3 Å². The van der Waals surface area contributed by atoms with Crippen LogP contribution in [-0.2, 0) is 12.0 Å². The van der Waals surface area contributed by atoms with Gasteiger partial charge in [0.2, 0.25) is 0 Å². The van der Waals surface area contributed by atoms with Crippen LogP contribution in [-0.4, -0.2) is 12.2 Å². The molecule has 0 radical (unpaired) electrons. The summed E-state index contributed by atoms with van der Waals surface area (Å²) < 4.78 is 18.3. The molecule has 0 aliphatic heterocycles. The molecule has 156 valence electrons. The van der Waals surface area contributed by atoms with Gasteiger partial charge in [-0.25, -0.2) is 4.39 Å². The topological polar surface area (TPSA) is 29.5 Å². The quantitative estimate of drug-likeness (QED) is 0.533. The lowest BCUT2D eigenvalue weighted by molar-refractivity contribution is 0.0345. The molecule has 0 saturated carbocycles. The highest BCUT2D eigenvalue weighted by atomic mass is 35.5. The van der Waals surface area contributed by atoms with Crippen LogP contribution in [0.3, 0.4) is 0 Å². The third-order valence-electron chi connectivity index (χ3n) is 4.50. The van der Waals surface area contributed by atoms with Gasteiger partial charge in [-0.05, 0) is 73.4 Å². The molecule has 0 bridgehead atoms. The van der Waals surface area contributed by atoms with E-state index < -0.39 is 11.4 Å². The second kappa shape index (κ2) is 11.4. The molecule has 0 aromatic heterocycles. The predicted octanol–water partition coefficient (Wildman–Crippen LogP) is 7.02. The maximum absolute atomic E-state index is 13.5. The van der Waals surface area contributed by atoms with Gasteiger partial charge in [-0.1, -0.05) is 57.5 Å². The van der Waals surface area contributed by atoms with Crippen LogP contribution >= 0.6 is 11.6 Å². The number of aliphatic hydroxyl groups is 1. The second-order valence-electron chi connectivity index (χ2n) is 8.28.